The van der Waals surface area contributed by atoms with E-state index in [4.69, 9.17) is 23.2 Å². The van der Waals surface area contributed by atoms with Crippen molar-refractivity contribution in [2.75, 3.05) is 5.32 Å². The lowest BCUT2D eigenvalue weighted by molar-refractivity contribution is 0.102. The van der Waals surface area contributed by atoms with Gasteiger partial charge in [-0.3, -0.25) is 4.79 Å². The van der Waals surface area contributed by atoms with E-state index in [0.717, 1.165) is 0 Å². The summed E-state index contributed by atoms with van der Waals surface area (Å²) in [6.07, 6.45) is 0. The van der Waals surface area contributed by atoms with Gasteiger partial charge in [-0.15, -0.1) is 0 Å². The molecule has 1 aromatic carbocycles. The summed E-state index contributed by atoms with van der Waals surface area (Å²) in [5.74, 6) is -0.244. The molecular weight excluding hydrogens is 277 g/mol. The zero-order valence-electron chi connectivity index (χ0n) is 8.89. The zero-order valence-corrected chi connectivity index (χ0v) is 10.4. The van der Waals surface area contributed by atoms with Crippen molar-refractivity contribution in [3.63, 3.8) is 0 Å². The summed E-state index contributed by atoms with van der Waals surface area (Å²) in [5, 5.41) is 11.8. The second kappa shape index (κ2) is 5.20. The smallest absolute Gasteiger partial charge is 0.256 e. The van der Waals surface area contributed by atoms with Crippen LogP contribution in [0.2, 0.25) is 10.4 Å². The van der Waals surface area contributed by atoms with Crippen LogP contribution in [-0.4, -0.2) is 21.0 Å². The predicted octanol–water partition coefficient (Wildman–Crippen LogP) is 2.74. The maximum absolute atomic E-state index is 11.8. The number of nitrogens with one attached hydrogen (secondary N) is 1. The molecule has 2 aromatic rings. The summed E-state index contributed by atoms with van der Waals surface area (Å²) in [5.41, 5.74) is 0.292. The average molecular weight is 284 g/mol. The third-order valence-corrected chi connectivity index (χ3v) is 2.38. The molecule has 0 fully saturated rings. The van der Waals surface area contributed by atoms with Gasteiger partial charge in [0.2, 0.25) is 5.28 Å². The van der Waals surface area contributed by atoms with Gasteiger partial charge in [-0.2, -0.15) is 0 Å². The number of benzene rings is 1. The lowest BCUT2D eigenvalue weighted by atomic mass is 10.2. The van der Waals surface area contributed by atoms with E-state index in [2.05, 4.69) is 15.3 Å². The number of aromatic hydroxyl groups is 1. The molecule has 0 aliphatic heterocycles. The summed E-state index contributed by atoms with van der Waals surface area (Å²) < 4.78 is 0. The van der Waals surface area contributed by atoms with Crippen molar-refractivity contribution in [3.05, 3.63) is 46.3 Å². The molecule has 0 aliphatic carbocycles. The van der Waals surface area contributed by atoms with Crippen molar-refractivity contribution in [2.24, 2.45) is 0 Å². The minimum atomic E-state index is -0.434. The summed E-state index contributed by atoms with van der Waals surface area (Å²) in [7, 11) is 0. The van der Waals surface area contributed by atoms with Crippen molar-refractivity contribution in [2.45, 2.75) is 0 Å². The fraction of sp³-hybridized carbons (Fsp3) is 0. The minimum Gasteiger partial charge on any atom is -0.508 e. The first-order chi connectivity index (χ1) is 8.54. The number of carbonyl (C=O) groups excluding carboxylic acids is 1. The Kier molecular flexibility index (Phi) is 3.64. The fourth-order valence-corrected chi connectivity index (χ4v) is 1.70. The van der Waals surface area contributed by atoms with E-state index in [0.29, 0.717) is 5.56 Å². The molecule has 0 atom stereocenters. The highest BCUT2D eigenvalue weighted by Crippen LogP contribution is 2.16. The highest BCUT2D eigenvalue weighted by atomic mass is 35.5. The van der Waals surface area contributed by atoms with E-state index in [1.807, 2.05) is 0 Å². The molecule has 1 heterocycles. The molecule has 1 amide bonds. The first-order valence-electron chi connectivity index (χ1n) is 4.85. The van der Waals surface area contributed by atoms with Crippen LogP contribution in [0, 0.1) is 0 Å². The SMILES string of the molecule is O=C(Nc1cc(Cl)nc(Cl)n1)c1cccc(O)c1. The lowest BCUT2D eigenvalue weighted by Gasteiger charge is -2.05. The number of halogens is 2. The molecule has 2 rings (SSSR count). The number of anilines is 1. The quantitative estimate of drug-likeness (QED) is 0.656. The molecule has 1 aromatic heterocycles. The molecule has 0 saturated carbocycles. The van der Waals surface area contributed by atoms with Crippen LogP contribution in [0.3, 0.4) is 0 Å². The van der Waals surface area contributed by atoms with Gasteiger partial charge >= 0.3 is 0 Å². The first-order valence-corrected chi connectivity index (χ1v) is 5.60. The molecule has 2 N–H and O–H groups in total. The van der Waals surface area contributed by atoms with Gasteiger partial charge in [-0.05, 0) is 29.8 Å². The number of hydrogen-bond donors (Lipinski definition) is 2. The number of carbonyl (C=O) groups is 1. The van der Waals surface area contributed by atoms with Gasteiger partial charge in [-0.25, -0.2) is 9.97 Å². The maximum atomic E-state index is 11.8. The highest BCUT2D eigenvalue weighted by Gasteiger charge is 2.09. The van der Waals surface area contributed by atoms with Crippen LogP contribution in [0.4, 0.5) is 5.82 Å². The number of phenolic OH excluding ortho intramolecular Hbond substituents is 1. The van der Waals surface area contributed by atoms with Gasteiger partial charge in [0, 0.05) is 11.6 Å². The van der Waals surface area contributed by atoms with Crippen LogP contribution in [0.25, 0.3) is 0 Å². The maximum Gasteiger partial charge on any atom is 0.256 e. The van der Waals surface area contributed by atoms with Gasteiger partial charge < -0.3 is 10.4 Å². The van der Waals surface area contributed by atoms with E-state index in [1.165, 1.54) is 18.2 Å². The van der Waals surface area contributed by atoms with E-state index in [9.17, 15) is 9.90 Å². The van der Waals surface area contributed by atoms with E-state index in [1.54, 1.807) is 12.1 Å². The Labute approximate surface area is 112 Å². The standard InChI is InChI=1S/C11H7Cl2N3O2/c12-8-5-9(16-11(13)14-8)15-10(18)6-2-1-3-7(17)4-6/h1-5,17H,(H,14,15,16,18). The van der Waals surface area contributed by atoms with Crippen molar-refractivity contribution in [1.82, 2.24) is 9.97 Å². The molecule has 92 valence electrons. The van der Waals surface area contributed by atoms with Gasteiger partial charge in [0.25, 0.3) is 5.91 Å². The molecule has 0 radical (unpaired) electrons. The molecule has 7 heteroatoms. The molecular formula is C11H7Cl2N3O2. The van der Waals surface area contributed by atoms with E-state index >= 15 is 0 Å². The van der Waals surface area contributed by atoms with Crippen molar-refractivity contribution in [1.29, 1.82) is 0 Å². The van der Waals surface area contributed by atoms with Crippen molar-refractivity contribution >= 4 is 34.9 Å². The molecule has 5 nitrogen and oxygen atoms in total. The number of nitrogens with zero attached hydrogens (tertiary/aromatic N) is 2. The number of phenols is 1. The number of hydrogen-bond acceptors (Lipinski definition) is 4. The van der Waals surface area contributed by atoms with Crippen LogP contribution in [0.5, 0.6) is 5.75 Å². The lowest BCUT2D eigenvalue weighted by Crippen LogP contribution is -2.13. The van der Waals surface area contributed by atoms with Gasteiger partial charge in [0.15, 0.2) is 0 Å². The van der Waals surface area contributed by atoms with Crippen LogP contribution in [0.1, 0.15) is 10.4 Å². The third-order valence-electron chi connectivity index (χ3n) is 2.02. The Morgan fingerprint density at radius 2 is 2.00 bits per heavy atom. The summed E-state index contributed by atoms with van der Waals surface area (Å²) >= 11 is 11.3. The number of aromatic nitrogens is 2. The fourth-order valence-electron chi connectivity index (χ4n) is 1.29. The Bertz CT molecular complexity index is 584. The first kappa shape index (κ1) is 12.6. The molecule has 0 bridgehead atoms. The summed E-state index contributed by atoms with van der Waals surface area (Å²) in [6, 6.07) is 7.28. The van der Waals surface area contributed by atoms with E-state index in [-0.39, 0.29) is 22.0 Å². The highest BCUT2D eigenvalue weighted by molar-refractivity contribution is 6.32. The van der Waals surface area contributed by atoms with Gasteiger partial charge in [0.05, 0.1) is 0 Å². The summed E-state index contributed by atoms with van der Waals surface area (Å²) in [6.45, 7) is 0. The molecule has 0 spiro atoms. The van der Waals surface area contributed by atoms with Crippen LogP contribution >= 0.6 is 23.2 Å². The largest absolute Gasteiger partial charge is 0.508 e. The van der Waals surface area contributed by atoms with Gasteiger partial charge in [0.1, 0.15) is 16.7 Å². The Morgan fingerprint density at radius 3 is 2.67 bits per heavy atom. The minimum absolute atomic E-state index is 0.00130. The molecule has 0 aliphatic rings. The Morgan fingerprint density at radius 1 is 1.22 bits per heavy atom. The van der Waals surface area contributed by atoms with Crippen LogP contribution in [0.15, 0.2) is 30.3 Å². The summed E-state index contributed by atoms with van der Waals surface area (Å²) in [4.78, 5) is 19.3. The third kappa shape index (κ3) is 3.09. The number of rotatable bonds is 2. The Balaban J connectivity index is 2.21. The van der Waals surface area contributed by atoms with Crippen molar-refractivity contribution in [3.8, 4) is 5.75 Å². The number of amides is 1. The molecule has 18 heavy (non-hydrogen) atoms. The van der Waals surface area contributed by atoms with Crippen LogP contribution in [-0.2, 0) is 0 Å². The van der Waals surface area contributed by atoms with Gasteiger partial charge in [-0.1, -0.05) is 17.7 Å². The normalized spacial score (nSPS) is 10.1. The Hall–Kier alpha value is -1.85. The second-order valence-electron chi connectivity index (χ2n) is 3.35. The average Bonchev–Trinajstić information content (AvgIpc) is 2.27. The molecule has 0 unspecified atom stereocenters. The van der Waals surface area contributed by atoms with E-state index < -0.39 is 5.91 Å². The zero-order chi connectivity index (χ0) is 13.1. The predicted molar refractivity (Wildman–Crippen MR) is 68.1 cm³/mol. The molecule has 0 saturated heterocycles. The second-order valence-corrected chi connectivity index (χ2v) is 4.07. The monoisotopic (exact) mass is 283 g/mol. The van der Waals surface area contributed by atoms with Crippen LogP contribution < -0.4 is 5.32 Å². The van der Waals surface area contributed by atoms with Crippen molar-refractivity contribution < 1.29 is 9.90 Å². The topological polar surface area (TPSA) is 75.1 Å².